The molecule has 10 nitrogen and oxygen atoms in total. The first-order valence-electron chi connectivity index (χ1n) is 12.4. The molecule has 0 fully saturated rings. The summed E-state index contributed by atoms with van der Waals surface area (Å²) in [5, 5.41) is 7.21. The molecule has 0 saturated heterocycles. The van der Waals surface area contributed by atoms with Crippen molar-refractivity contribution in [3.05, 3.63) is 35.9 Å². The Kier molecular flexibility index (Phi) is 13.9. The predicted octanol–water partition coefficient (Wildman–Crippen LogP) is 2.74. The number of ketones is 1. The number of ether oxygens (including phenoxy) is 2. The largest absolute Gasteiger partial charge is 0.463 e. The molecule has 38 heavy (non-hydrogen) atoms. The van der Waals surface area contributed by atoms with Crippen LogP contribution in [0.5, 0.6) is 0 Å². The number of hydrogen-bond acceptors (Lipinski definition) is 7. The number of carbonyl (C=O) groups excluding carboxylic acids is 5. The van der Waals surface area contributed by atoms with Gasteiger partial charge in [-0.15, -0.1) is 0 Å². The molecule has 1 aromatic rings. The maximum atomic E-state index is 13.2. The summed E-state index contributed by atoms with van der Waals surface area (Å²) in [5.41, 5.74) is 0.751. The van der Waals surface area contributed by atoms with Crippen LogP contribution >= 0.6 is 0 Å². The molecule has 0 heterocycles. The fraction of sp³-hybridized carbons (Fsp3) is 0.577. The summed E-state index contributed by atoms with van der Waals surface area (Å²) in [6, 6.07) is 4.80. The number of hydrogen-bond donors (Lipinski definition) is 3. The van der Waals surface area contributed by atoms with Gasteiger partial charge in [0, 0.05) is 6.42 Å². The molecule has 4 atom stereocenters. The zero-order valence-corrected chi connectivity index (χ0v) is 22.3. The maximum Gasteiger partial charge on any atom is 0.408 e. The Morgan fingerprint density at radius 1 is 0.868 bits per heavy atom. The van der Waals surface area contributed by atoms with Gasteiger partial charge in [0.2, 0.25) is 18.2 Å². The minimum atomic E-state index is -2.99. The van der Waals surface area contributed by atoms with Crippen molar-refractivity contribution in [3.8, 4) is 0 Å². The topological polar surface area (TPSA) is 140 Å². The van der Waals surface area contributed by atoms with Gasteiger partial charge in [0.15, 0.2) is 0 Å². The van der Waals surface area contributed by atoms with E-state index >= 15 is 0 Å². The molecule has 12 heteroatoms. The first-order valence-corrected chi connectivity index (χ1v) is 12.4. The van der Waals surface area contributed by atoms with Crippen LogP contribution in [0.15, 0.2) is 30.3 Å². The van der Waals surface area contributed by atoms with Gasteiger partial charge in [-0.3, -0.25) is 14.4 Å². The van der Waals surface area contributed by atoms with Gasteiger partial charge in [-0.25, -0.2) is 18.4 Å². The van der Waals surface area contributed by atoms with E-state index < -0.39 is 60.6 Å². The molecule has 0 spiro atoms. The molecule has 0 aliphatic heterocycles. The van der Waals surface area contributed by atoms with Crippen molar-refractivity contribution in [3.63, 3.8) is 0 Å². The van der Waals surface area contributed by atoms with Crippen molar-refractivity contribution in [1.82, 2.24) is 16.0 Å². The molecule has 212 valence electrons. The van der Waals surface area contributed by atoms with E-state index in [4.69, 9.17) is 4.74 Å². The number of alkyl carbamates (subject to hydrolysis) is 1. The van der Waals surface area contributed by atoms with Crippen LogP contribution in [0.3, 0.4) is 0 Å². The smallest absolute Gasteiger partial charge is 0.408 e. The highest BCUT2D eigenvalue weighted by atomic mass is 19.3. The third kappa shape index (κ3) is 11.2. The summed E-state index contributed by atoms with van der Waals surface area (Å²) < 4.78 is 35.6. The number of carbonyl (C=O) groups is 5. The molecule has 0 saturated carbocycles. The van der Waals surface area contributed by atoms with Gasteiger partial charge in [0.1, 0.15) is 24.7 Å². The molecule has 3 N–H and O–H groups in total. The van der Waals surface area contributed by atoms with Crippen LogP contribution in [0.25, 0.3) is 0 Å². The summed E-state index contributed by atoms with van der Waals surface area (Å²) in [6.45, 7) is 7.07. The Labute approximate surface area is 221 Å². The lowest BCUT2D eigenvalue weighted by Crippen LogP contribution is -2.58. The number of halogens is 2. The van der Waals surface area contributed by atoms with Crippen LogP contribution < -0.4 is 16.0 Å². The lowest BCUT2D eigenvalue weighted by atomic mass is 9.96. The third-order valence-corrected chi connectivity index (χ3v) is 5.76. The van der Waals surface area contributed by atoms with Gasteiger partial charge in [-0.1, -0.05) is 64.4 Å². The van der Waals surface area contributed by atoms with Crippen LogP contribution in [0.1, 0.15) is 52.5 Å². The predicted molar refractivity (Wildman–Crippen MR) is 134 cm³/mol. The van der Waals surface area contributed by atoms with E-state index in [0.717, 1.165) is 12.7 Å². The Hall–Kier alpha value is -3.57. The molecular formula is C26H37F2N3O7. The van der Waals surface area contributed by atoms with Crippen molar-refractivity contribution in [2.45, 2.75) is 78.1 Å². The number of esters is 1. The number of nitrogens with one attached hydrogen (secondary N) is 3. The van der Waals surface area contributed by atoms with Gasteiger partial charge in [0.25, 0.3) is 5.78 Å². The van der Waals surface area contributed by atoms with E-state index in [1.807, 2.05) is 13.0 Å². The van der Waals surface area contributed by atoms with Gasteiger partial charge >= 0.3 is 12.1 Å². The SMILES string of the molecule is CCC(C)[C@H](NC(=O)OCc1ccccc1)C(=O)N[C@@H](CC(C)C)C(=O)N[C@@H](CC(F)F)C(=O)C(=O)OC. The van der Waals surface area contributed by atoms with E-state index in [9.17, 15) is 32.8 Å². The fourth-order valence-corrected chi connectivity index (χ4v) is 3.48. The van der Waals surface area contributed by atoms with Crippen molar-refractivity contribution in [2.24, 2.45) is 11.8 Å². The highest BCUT2D eigenvalue weighted by molar-refractivity contribution is 6.36. The molecule has 0 radical (unpaired) electrons. The van der Waals surface area contributed by atoms with Crippen molar-refractivity contribution >= 4 is 29.7 Å². The van der Waals surface area contributed by atoms with Crippen LogP contribution in [0.4, 0.5) is 13.6 Å². The standard InChI is InChI=1S/C26H37F2N3O7/c1-6-16(4)21(31-26(36)38-14-17-10-8-7-9-11-17)24(34)30-19(12-15(2)3)23(33)29-18(13-20(27)28)22(32)25(35)37-5/h7-11,15-16,18-21H,6,12-14H2,1-5H3,(H,29,33)(H,30,34)(H,31,36)/t16?,18-,19-,21-/m0/s1. The van der Waals surface area contributed by atoms with E-state index in [0.29, 0.717) is 6.42 Å². The molecule has 0 aromatic heterocycles. The Bertz CT molecular complexity index is 944. The van der Waals surface area contributed by atoms with E-state index in [1.165, 1.54) is 0 Å². The van der Waals surface area contributed by atoms with Crippen LogP contribution in [0.2, 0.25) is 0 Å². The average molecular weight is 542 g/mol. The monoisotopic (exact) mass is 541 g/mol. The highest BCUT2D eigenvalue weighted by Gasteiger charge is 2.35. The number of Topliss-reactive ketones (excluding diaryl/α,β-unsaturated/α-hetero) is 1. The minimum absolute atomic E-state index is 0.0142. The number of methoxy groups -OCH3 is 1. The van der Waals surface area contributed by atoms with Crippen LogP contribution in [-0.4, -0.2) is 61.3 Å². The second-order valence-electron chi connectivity index (χ2n) is 9.30. The first kappa shape index (κ1) is 32.5. The zero-order valence-electron chi connectivity index (χ0n) is 22.3. The normalized spacial score (nSPS) is 14.1. The summed E-state index contributed by atoms with van der Waals surface area (Å²) in [4.78, 5) is 62.3. The van der Waals surface area contributed by atoms with Gasteiger partial charge in [-0.2, -0.15) is 0 Å². The number of alkyl halides is 2. The molecule has 3 amide bonds. The first-order chi connectivity index (χ1) is 17.9. The second-order valence-corrected chi connectivity index (χ2v) is 9.30. The second kappa shape index (κ2) is 16.3. The molecule has 0 bridgehead atoms. The Morgan fingerprint density at radius 3 is 2.00 bits per heavy atom. The van der Waals surface area contributed by atoms with Crippen molar-refractivity contribution < 1.29 is 42.2 Å². The zero-order chi connectivity index (χ0) is 28.8. The summed E-state index contributed by atoms with van der Waals surface area (Å²) in [6.07, 6.45) is -4.33. The van der Waals surface area contributed by atoms with Crippen LogP contribution in [-0.2, 0) is 35.3 Å². The number of amides is 3. The third-order valence-electron chi connectivity index (χ3n) is 5.76. The Balaban J connectivity index is 3.00. The van der Waals surface area contributed by atoms with E-state index in [1.54, 1.807) is 45.0 Å². The molecular weight excluding hydrogens is 504 g/mol. The number of rotatable bonds is 15. The van der Waals surface area contributed by atoms with E-state index in [-0.39, 0.29) is 24.9 Å². The summed E-state index contributed by atoms with van der Waals surface area (Å²) in [7, 11) is 0.913. The van der Waals surface area contributed by atoms with Gasteiger partial charge in [-0.05, 0) is 23.8 Å². The Morgan fingerprint density at radius 2 is 1.47 bits per heavy atom. The lowest BCUT2D eigenvalue weighted by Gasteiger charge is -2.27. The van der Waals surface area contributed by atoms with Crippen molar-refractivity contribution in [2.75, 3.05) is 7.11 Å². The maximum absolute atomic E-state index is 13.2. The van der Waals surface area contributed by atoms with Crippen LogP contribution in [0, 0.1) is 11.8 Å². The molecule has 1 unspecified atom stereocenters. The quantitative estimate of drug-likeness (QED) is 0.229. The minimum Gasteiger partial charge on any atom is -0.463 e. The van der Waals surface area contributed by atoms with Gasteiger partial charge < -0.3 is 25.4 Å². The molecule has 0 aliphatic carbocycles. The van der Waals surface area contributed by atoms with E-state index in [2.05, 4.69) is 20.7 Å². The summed E-state index contributed by atoms with van der Waals surface area (Å²) in [5.74, 6) is -4.81. The molecule has 1 rings (SSSR count). The summed E-state index contributed by atoms with van der Waals surface area (Å²) >= 11 is 0. The molecule has 1 aromatic carbocycles. The highest BCUT2D eigenvalue weighted by Crippen LogP contribution is 2.13. The fourth-order valence-electron chi connectivity index (χ4n) is 3.48. The molecule has 0 aliphatic rings. The lowest BCUT2D eigenvalue weighted by molar-refractivity contribution is -0.153. The number of benzene rings is 1. The van der Waals surface area contributed by atoms with Crippen molar-refractivity contribution in [1.29, 1.82) is 0 Å². The van der Waals surface area contributed by atoms with Gasteiger partial charge in [0.05, 0.1) is 7.11 Å². The average Bonchev–Trinajstić information content (AvgIpc) is 2.88.